The fraction of sp³-hybridized carbons (Fsp3) is 0.917. The molecule has 108 valence electrons. The number of unbranched alkanes of at least 4 members (excludes halogenated alkanes) is 2. The summed E-state index contributed by atoms with van der Waals surface area (Å²) < 4.78 is 11.3. The second-order valence-corrected chi connectivity index (χ2v) is 5.93. The highest BCUT2D eigenvalue weighted by Gasteiger charge is 2.13. The molecule has 0 heterocycles. The van der Waals surface area contributed by atoms with Gasteiger partial charge in [0.2, 0.25) is 0 Å². The summed E-state index contributed by atoms with van der Waals surface area (Å²) in [6.07, 6.45) is 3.09. The quantitative estimate of drug-likeness (QED) is 0.448. The van der Waals surface area contributed by atoms with Crippen molar-refractivity contribution in [2.75, 3.05) is 6.54 Å². The molecule has 18 heavy (non-hydrogen) atoms. The fourth-order valence-corrected chi connectivity index (χ4v) is 2.54. The molecular formula is C12H26NO4P. The third kappa shape index (κ3) is 12.2. The van der Waals surface area contributed by atoms with E-state index in [1.165, 1.54) is 0 Å². The van der Waals surface area contributed by atoms with Gasteiger partial charge in [0.15, 0.2) is 0 Å². The Morgan fingerprint density at radius 3 is 2.11 bits per heavy atom. The summed E-state index contributed by atoms with van der Waals surface area (Å²) in [5, 5.41) is 11.7. The largest absolute Gasteiger partial charge is 0.481 e. The molecule has 2 N–H and O–H groups in total. The Labute approximate surface area is 111 Å². The van der Waals surface area contributed by atoms with E-state index in [2.05, 4.69) is 5.09 Å². The zero-order valence-corrected chi connectivity index (χ0v) is 12.7. The van der Waals surface area contributed by atoms with Gasteiger partial charge in [-0.15, -0.1) is 0 Å². The molecule has 0 aliphatic rings. The van der Waals surface area contributed by atoms with E-state index in [0.717, 1.165) is 25.8 Å². The van der Waals surface area contributed by atoms with Gasteiger partial charge < -0.3 is 14.2 Å². The predicted octanol–water partition coefficient (Wildman–Crippen LogP) is 3.30. The Bertz CT molecular complexity index is 214. The summed E-state index contributed by atoms with van der Waals surface area (Å²) in [6.45, 7) is 8.72. The van der Waals surface area contributed by atoms with Crippen molar-refractivity contribution in [1.29, 1.82) is 0 Å². The van der Waals surface area contributed by atoms with Crippen LogP contribution in [0.15, 0.2) is 0 Å². The van der Waals surface area contributed by atoms with E-state index >= 15 is 0 Å². The first-order valence-electron chi connectivity index (χ1n) is 6.50. The van der Waals surface area contributed by atoms with Crippen LogP contribution in [0, 0.1) is 0 Å². The molecule has 0 bridgehead atoms. The molecule has 6 heteroatoms. The van der Waals surface area contributed by atoms with Crippen molar-refractivity contribution in [1.82, 2.24) is 5.09 Å². The van der Waals surface area contributed by atoms with Crippen molar-refractivity contribution >= 4 is 14.5 Å². The molecule has 0 fully saturated rings. The van der Waals surface area contributed by atoms with Gasteiger partial charge in [-0.05, 0) is 40.5 Å². The van der Waals surface area contributed by atoms with Crippen LogP contribution in [0.2, 0.25) is 0 Å². The summed E-state index contributed by atoms with van der Waals surface area (Å²) in [5.41, 5.74) is 0. The van der Waals surface area contributed by atoms with Gasteiger partial charge in [-0.25, -0.2) is 0 Å². The number of carboxylic acids is 1. The first kappa shape index (κ1) is 17.8. The zero-order chi connectivity index (χ0) is 14.0. The molecule has 5 nitrogen and oxygen atoms in total. The van der Waals surface area contributed by atoms with Crippen LogP contribution in [-0.4, -0.2) is 29.8 Å². The highest BCUT2D eigenvalue weighted by Crippen LogP contribution is 2.36. The van der Waals surface area contributed by atoms with E-state index < -0.39 is 14.5 Å². The molecule has 0 saturated carbocycles. The lowest BCUT2D eigenvalue weighted by atomic mass is 10.2. The average molecular weight is 279 g/mol. The van der Waals surface area contributed by atoms with Gasteiger partial charge in [0.25, 0.3) is 8.53 Å². The minimum atomic E-state index is -1.04. The first-order chi connectivity index (χ1) is 8.41. The maximum atomic E-state index is 10.3. The van der Waals surface area contributed by atoms with E-state index in [0.29, 0.717) is 0 Å². The Morgan fingerprint density at radius 1 is 1.11 bits per heavy atom. The first-order valence-corrected chi connectivity index (χ1v) is 7.68. The van der Waals surface area contributed by atoms with Crippen LogP contribution in [0.3, 0.4) is 0 Å². The average Bonchev–Trinajstić information content (AvgIpc) is 2.20. The monoisotopic (exact) mass is 279 g/mol. The number of nitrogens with one attached hydrogen (secondary N) is 1. The summed E-state index contributed by atoms with van der Waals surface area (Å²) >= 11 is 0. The molecular weight excluding hydrogens is 253 g/mol. The van der Waals surface area contributed by atoms with Crippen LogP contribution in [0.5, 0.6) is 0 Å². The molecule has 0 aromatic carbocycles. The fourth-order valence-electron chi connectivity index (χ4n) is 1.23. The highest BCUT2D eigenvalue weighted by atomic mass is 31.2. The number of hydrogen-bond acceptors (Lipinski definition) is 4. The molecule has 0 aliphatic heterocycles. The minimum absolute atomic E-state index is 0.134. The van der Waals surface area contributed by atoms with Gasteiger partial charge in [-0.1, -0.05) is 6.42 Å². The molecule has 0 spiro atoms. The van der Waals surface area contributed by atoms with Gasteiger partial charge in [0.1, 0.15) is 0 Å². The Balaban J connectivity index is 3.65. The van der Waals surface area contributed by atoms with Crippen molar-refractivity contribution in [2.24, 2.45) is 0 Å². The van der Waals surface area contributed by atoms with Crippen LogP contribution in [0.4, 0.5) is 0 Å². The molecule has 0 radical (unpaired) electrons. The van der Waals surface area contributed by atoms with Gasteiger partial charge in [-0.2, -0.15) is 0 Å². The Kier molecular flexibility index (Phi) is 10.5. The zero-order valence-electron chi connectivity index (χ0n) is 11.8. The second kappa shape index (κ2) is 10.7. The summed E-state index contributed by atoms with van der Waals surface area (Å²) in [4.78, 5) is 10.3. The highest BCUT2D eigenvalue weighted by molar-refractivity contribution is 7.45. The van der Waals surface area contributed by atoms with E-state index in [1.54, 1.807) is 0 Å². The lowest BCUT2D eigenvalue weighted by Gasteiger charge is -2.22. The smallest absolute Gasteiger partial charge is 0.303 e. The van der Waals surface area contributed by atoms with Crippen molar-refractivity contribution in [3.05, 3.63) is 0 Å². The van der Waals surface area contributed by atoms with E-state index in [4.69, 9.17) is 14.2 Å². The van der Waals surface area contributed by atoms with Gasteiger partial charge >= 0.3 is 5.97 Å². The number of carbonyl (C=O) groups is 1. The molecule has 0 aromatic rings. The predicted molar refractivity (Wildman–Crippen MR) is 73.5 cm³/mol. The SMILES string of the molecule is CC(C)OP(NCCCCCC(=O)O)OC(C)C. The Morgan fingerprint density at radius 2 is 1.67 bits per heavy atom. The molecule has 0 aliphatic carbocycles. The lowest BCUT2D eigenvalue weighted by Crippen LogP contribution is -2.17. The second-order valence-electron chi connectivity index (χ2n) is 4.68. The standard InChI is InChI=1S/C12H26NO4P/c1-10(2)16-18(17-11(3)4)13-9-7-5-6-8-12(14)15/h10-11,13H,5-9H2,1-4H3,(H,14,15). The molecule has 0 rings (SSSR count). The van der Waals surface area contributed by atoms with Gasteiger partial charge in [0, 0.05) is 13.0 Å². The molecule has 0 unspecified atom stereocenters. The normalized spacial score (nSPS) is 11.7. The summed E-state index contributed by atoms with van der Waals surface area (Å²) in [7, 11) is -1.04. The number of rotatable bonds is 11. The Hall–Kier alpha value is -0.220. The third-order valence-corrected chi connectivity index (χ3v) is 3.63. The van der Waals surface area contributed by atoms with E-state index in [1.807, 2.05) is 27.7 Å². The van der Waals surface area contributed by atoms with Crippen LogP contribution in [-0.2, 0) is 13.8 Å². The van der Waals surface area contributed by atoms with Crippen molar-refractivity contribution in [3.63, 3.8) is 0 Å². The van der Waals surface area contributed by atoms with Crippen molar-refractivity contribution in [3.8, 4) is 0 Å². The van der Waals surface area contributed by atoms with Crippen LogP contribution in [0.1, 0.15) is 53.4 Å². The van der Waals surface area contributed by atoms with Crippen LogP contribution >= 0.6 is 8.53 Å². The minimum Gasteiger partial charge on any atom is -0.481 e. The number of hydrogen-bond donors (Lipinski definition) is 2. The van der Waals surface area contributed by atoms with E-state index in [-0.39, 0.29) is 18.6 Å². The summed E-state index contributed by atoms with van der Waals surface area (Å²) in [5.74, 6) is -0.725. The lowest BCUT2D eigenvalue weighted by molar-refractivity contribution is -0.137. The molecule has 0 aromatic heterocycles. The number of aliphatic carboxylic acids is 1. The topological polar surface area (TPSA) is 67.8 Å². The van der Waals surface area contributed by atoms with Crippen molar-refractivity contribution < 1.29 is 18.9 Å². The summed E-state index contributed by atoms with van der Waals surface area (Å²) in [6, 6.07) is 0. The van der Waals surface area contributed by atoms with Crippen molar-refractivity contribution in [2.45, 2.75) is 65.6 Å². The maximum Gasteiger partial charge on any atom is 0.303 e. The third-order valence-electron chi connectivity index (χ3n) is 1.92. The molecule has 0 saturated heterocycles. The number of carboxylic acid groups (broad SMARTS) is 1. The van der Waals surface area contributed by atoms with Crippen LogP contribution < -0.4 is 5.09 Å². The maximum absolute atomic E-state index is 10.3. The molecule has 0 amide bonds. The van der Waals surface area contributed by atoms with Crippen LogP contribution in [0.25, 0.3) is 0 Å². The van der Waals surface area contributed by atoms with Gasteiger partial charge in [0.05, 0.1) is 12.2 Å². The molecule has 0 atom stereocenters. The van der Waals surface area contributed by atoms with Gasteiger partial charge in [-0.3, -0.25) is 9.88 Å². The van der Waals surface area contributed by atoms with E-state index in [9.17, 15) is 4.79 Å².